The Hall–Kier alpha value is -4.20. The third kappa shape index (κ3) is 3.51. The molecule has 8 heteroatoms. The van der Waals surface area contributed by atoms with Gasteiger partial charge in [0, 0.05) is 24.4 Å². The van der Waals surface area contributed by atoms with Crippen molar-refractivity contribution >= 4 is 11.0 Å². The lowest BCUT2D eigenvalue weighted by Gasteiger charge is -2.10. The van der Waals surface area contributed by atoms with Crippen molar-refractivity contribution in [3.63, 3.8) is 0 Å². The van der Waals surface area contributed by atoms with Gasteiger partial charge in [-0.15, -0.1) is 0 Å². The Balaban J connectivity index is 1.59. The number of rotatable bonds is 5. The molecule has 0 saturated heterocycles. The number of hydrogen-bond donors (Lipinski definition) is 1. The van der Waals surface area contributed by atoms with Gasteiger partial charge in [0.25, 0.3) is 0 Å². The van der Waals surface area contributed by atoms with E-state index in [2.05, 4.69) is 20.1 Å². The fraction of sp³-hybridized carbons (Fsp3) is 0. The SMILES string of the molecule is Fc1ccc(Oc2cc(Oc3cccnc3)cc3[nH]c(-c4ccon4)nc23)cc1. The number of imidazole rings is 1. The highest BCUT2D eigenvalue weighted by Crippen LogP contribution is 2.36. The fourth-order valence-electron chi connectivity index (χ4n) is 2.83. The van der Waals surface area contributed by atoms with E-state index in [0.29, 0.717) is 45.5 Å². The van der Waals surface area contributed by atoms with Gasteiger partial charge in [-0.1, -0.05) is 5.16 Å². The van der Waals surface area contributed by atoms with Crippen molar-refractivity contribution in [2.45, 2.75) is 0 Å². The van der Waals surface area contributed by atoms with Gasteiger partial charge in [0.2, 0.25) is 0 Å². The van der Waals surface area contributed by atoms with Gasteiger partial charge in [-0.3, -0.25) is 4.98 Å². The molecule has 0 bridgehead atoms. The average Bonchev–Trinajstić information content (AvgIpc) is 3.40. The summed E-state index contributed by atoms with van der Waals surface area (Å²) in [6.45, 7) is 0. The van der Waals surface area contributed by atoms with Crippen molar-refractivity contribution in [3.8, 4) is 34.5 Å². The average molecular weight is 388 g/mol. The number of fused-ring (bicyclic) bond motifs is 1. The van der Waals surface area contributed by atoms with Crippen LogP contribution in [0, 0.1) is 5.82 Å². The maximum atomic E-state index is 13.2. The molecule has 0 radical (unpaired) electrons. The van der Waals surface area contributed by atoms with Crippen LogP contribution in [-0.4, -0.2) is 20.1 Å². The maximum Gasteiger partial charge on any atom is 0.160 e. The zero-order valence-electron chi connectivity index (χ0n) is 14.9. The maximum absolute atomic E-state index is 13.2. The molecule has 29 heavy (non-hydrogen) atoms. The van der Waals surface area contributed by atoms with Crippen LogP contribution in [0.5, 0.6) is 23.0 Å². The quantitative estimate of drug-likeness (QED) is 0.438. The summed E-state index contributed by atoms with van der Waals surface area (Å²) in [5, 5.41) is 3.90. The number of H-pyrrole nitrogens is 1. The molecule has 0 amide bonds. The molecule has 0 aliphatic carbocycles. The van der Waals surface area contributed by atoms with Gasteiger partial charge in [0.05, 0.1) is 11.7 Å². The standard InChI is InChI=1S/C21H13FN4O3/c22-13-3-5-14(6-4-13)29-19-11-16(28-15-2-1-8-23-12-15)10-18-20(19)25-21(24-18)17-7-9-27-26-17/h1-12H,(H,24,25). The molecule has 142 valence electrons. The van der Waals surface area contributed by atoms with E-state index in [1.54, 1.807) is 54.9 Å². The highest BCUT2D eigenvalue weighted by Gasteiger charge is 2.15. The second-order valence-corrected chi connectivity index (χ2v) is 6.13. The Kier molecular flexibility index (Phi) is 4.14. The third-order valence-electron chi connectivity index (χ3n) is 4.12. The zero-order chi connectivity index (χ0) is 19.6. The van der Waals surface area contributed by atoms with Crippen LogP contribution in [0.1, 0.15) is 0 Å². The molecule has 0 aliphatic rings. The van der Waals surface area contributed by atoms with Gasteiger partial charge < -0.3 is 19.0 Å². The van der Waals surface area contributed by atoms with Crippen molar-refractivity contribution in [2.24, 2.45) is 0 Å². The van der Waals surface area contributed by atoms with Gasteiger partial charge >= 0.3 is 0 Å². The number of aromatic amines is 1. The van der Waals surface area contributed by atoms with E-state index in [4.69, 9.17) is 14.0 Å². The number of nitrogens with zero attached hydrogens (tertiary/aromatic N) is 3. The molecule has 2 aromatic carbocycles. The first-order valence-electron chi connectivity index (χ1n) is 8.70. The van der Waals surface area contributed by atoms with E-state index >= 15 is 0 Å². The van der Waals surface area contributed by atoms with E-state index in [1.165, 1.54) is 18.4 Å². The van der Waals surface area contributed by atoms with Crippen LogP contribution in [0.25, 0.3) is 22.6 Å². The van der Waals surface area contributed by atoms with E-state index in [1.807, 2.05) is 0 Å². The van der Waals surface area contributed by atoms with Gasteiger partial charge in [0.15, 0.2) is 11.6 Å². The van der Waals surface area contributed by atoms with E-state index in [-0.39, 0.29) is 5.82 Å². The zero-order valence-corrected chi connectivity index (χ0v) is 14.9. The highest BCUT2D eigenvalue weighted by atomic mass is 19.1. The third-order valence-corrected chi connectivity index (χ3v) is 4.12. The van der Waals surface area contributed by atoms with Crippen LogP contribution in [0.3, 0.4) is 0 Å². The summed E-state index contributed by atoms with van der Waals surface area (Å²) >= 11 is 0. The highest BCUT2D eigenvalue weighted by molar-refractivity contribution is 5.86. The molecule has 7 nitrogen and oxygen atoms in total. The monoisotopic (exact) mass is 388 g/mol. The fourth-order valence-corrected chi connectivity index (χ4v) is 2.83. The van der Waals surface area contributed by atoms with Crippen LogP contribution in [0.2, 0.25) is 0 Å². The molecule has 0 unspecified atom stereocenters. The molecule has 0 spiro atoms. The number of nitrogens with one attached hydrogen (secondary N) is 1. The first-order valence-corrected chi connectivity index (χ1v) is 8.70. The molecule has 0 aliphatic heterocycles. The van der Waals surface area contributed by atoms with E-state index < -0.39 is 0 Å². The number of hydrogen-bond acceptors (Lipinski definition) is 6. The summed E-state index contributed by atoms with van der Waals surface area (Å²) in [4.78, 5) is 11.8. The summed E-state index contributed by atoms with van der Waals surface area (Å²) in [5.74, 6) is 2.20. The van der Waals surface area contributed by atoms with Gasteiger partial charge in [-0.2, -0.15) is 0 Å². The van der Waals surface area contributed by atoms with Crippen molar-refractivity contribution in [2.75, 3.05) is 0 Å². The molecule has 0 saturated carbocycles. The Morgan fingerprint density at radius 2 is 1.83 bits per heavy atom. The van der Waals surface area contributed by atoms with Crippen molar-refractivity contribution in [1.29, 1.82) is 0 Å². The van der Waals surface area contributed by atoms with Crippen LogP contribution < -0.4 is 9.47 Å². The van der Waals surface area contributed by atoms with Crippen molar-refractivity contribution in [3.05, 3.63) is 79.1 Å². The summed E-state index contributed by atoms with van der Waals surface area (Å²) in [6, 6.07) is 14.5. The Morgan fingerprint density at radius 1 is 0.931 bits per heavy atom. The number of aromatic nitrogens is 4. The first-order chi connectivity index (χ1) is 14.2. The lowest BCUT2D eigenvalue weighted by Crippen LogP contribution is -1.90. The number of pyridine rings is 1. The minimum absolute atomic E-state index is 0.343. The smallest absolute Gasteiger partial charge is 0.160 e. The second-order valence-electron chi connectivity index (χ2n) is 6.13. The lowest BCUT2D eigenvalue weighted by molar-refractivity contribution is 0.422. The first kappa shape index (κ1) is 16.9. The predicted molar refractivity (Wildman–Crippen MR) is 102 cm³/mol. The molecule has 1 N–H and O–H groups in total. The van der Waals surface area contributed by atoms with Crippen molar-refractivity contribution < 1.29 is 18.4 Å². The molecular weight excluding hydrogens is 375 g/mol. The molecule has 3 heterocycles. The topological polar surface area (TPSA) is 86.1 Å². The molecule has 0 atom stereocenters. The molecule has 5 aromatic rings. The number of benzene rings is 2. The molecule has 0 fully saturated rings. The van der Waals surface area contributed by atoms with Crippen LogP contribution in [-0.2, 0) is 0 Å². The summed E-state index contributed by atoms with van der Waals surface area (Å²) in [6.07, 6.45) is 4.74. The second kappa shape index (κ2) is 7.08. The Bertz CT molecular complexity index is 1250. The normalized spacial score (nSPS) is 10.9. The van der Waals surface area contributed by atoms with Crippen molar-refractivity contribution in [1.82, 2.24) is 20.1 Å². The van der Waals surface area contributed by atoms with Crippen LogP contribution >= 0.6 is 0 Å². The van der Waals surface area contributed by atoms with E-state index in [0.717, 1.165) is 0 Å². The van der Waals surface area contributed by atoms with Gasteiger partial charge in [-0.05, 0) is 36.4 Å². The summed E-state index contributed by atoms with van der Waals surface area (Å²) in [7, 11) is 0. The van der Waals surface area contributed by atoms with Crippen LogP contribution in [0.15, 0.2) is 77.8 Å². The Labute approximate surface area is 163 Å². The van der Waals surface area contributed by atoms with Crippen LogP contribution in [0.4, 0.5) is 4.39 Å². The molecule has 5 rings (SSSR count). The van der Waals surface area contributed by atoms with Gasteiger partial charge in [-0.25, -0.2) is 9.37 Å². The number of ether oxygens (including phenoxy) is 2. The Morgan fingerprint density at radius 3 is 2.59 bits per heavy atom. The summed E-state index contributed by atoms with van der Waals surface area (Å²) in [5.41, 5.74) is 1.82. The lowest BCUT2D eigenvalue weighted by atomic mass is 10.2. The molecular formula is C21H13FN4O3. The molecule has 3 aromatic heterocycles. The number of halogens is 1. The minimum atomic E-state index is -0.343. The largest absolute Gasteiger partial charge is 0.456 e. The van der Waals surface area contributed by atoms with E-state index in [9.17, 15) is 4.39 Å². The predicted octanol–water partition coefficient (Wildman–Crippen LogP) is 5.34. The minimum Gasteiger partial charge on any atom is -0.456 e. The van der Waals surface area contributed by atoms with Gasteiger partial charge in [0.1, 0.15) is 40.5 Å². The summed E-state index contributed by atoms with van der Waals surface area (Å²) < 4.78 is 30.0.